The van der Waals surface area contributed by atoms with E-state index in [2.05, 4.69) is 15.0 Å². The normalized spacial score (nSPS) is 12.0. The third-order valence-electron chi connectivity index (χ3n) is 1.45. The first kappa shape index (κ1) is 12.5. The topological polar surface area (TPSA) is 75.5 Å². The average molecular weight is 246 g/mol. The number of aliphatic imine (C=N–C) groups is 1. The summed E-state index contributed by atoms with van der Waals surface area (Å²) in [6.45, 7) is 0. The molecule has 0 saturated carbocycles. The van der Waals surface area contributed by atoms with Crippen LogP contribution in [0, 0.1) is 5.82 Å². The molecule has 88 valence electrons. The first-order valence-electron chi connectivity index (χ1n) is 4.24. The number of sulfone groups is 1. The van der Waals surface area contributed by atoms with Crippen LogP contribution in [0.5, 0.6) is 0 Å². The Morgan fingerprint density at radius 3 is 2.62 bits per heavy atom. The van der Waals surface area contributed by atoms with Gasteiger partial charge in [0.2, 0.25) is 15.0 Å². The Balaban J connectivity index is 3.20. The summed E-state index contributed by atoms with van der Waals surface area (Å²) in [7, 11) is -0.168. The number of halogens is 1. The van der Waals surface area contributed by atoms with Gasteiger partial charge < -0.3 is 4.90 Å². The van der Waals surface area contributed by atoms with E-state index in [9.17, 15) is 12.8 Å². The molecule has 0 aliphatic rings. The van der Waals surface area contributed by atoms with E-state index < -0.39 is 20.8 Å². The lowest BCUT2D eigenvalue weighted by Gasteiger charge is -2.03. The number of hydrogen-bond donors (Lipinski definition) is 0. The molecular formula is C8H11FN4O2S. The van der Waals surface area contributed by atoms with Gasteiger partial charge in [0.15, 0.2) is 11.6 Å². The first-order valence-corrected chi connectivity index (χ1v) is 6.13. The van der Waals surface area contributed by atoms with Crippen molar-refractivity contribution in [1.29, 1.82) is 0 Å². The SMILES string of the molecule is CN(C)/C=N\c1nc(S(C)(=O)=O)ncc1F. The second-order valence-corrected chi connectivity index (χ2v) is 5.21. The van der Waals surface area contributed by atoms with Crippen LogP contribution in [0.3, 0.4) is 0 Å². The molecule has 0 aromatic carbocycles. The van der Waals surface area contributed by atoms with Crippen LogP contribution in [0.2, 0.25) is 0 Å². The van der Waals surface area contributed by atoms with Gasteiger partial charge in [-0.3, -0.25) is 0 Å². The van der Waals surface area contributed by atoms with Crippen molar-refractivity contribution in [2.24, 2.45) is 4.99 Å². The largest absolute Gasteiger partial charge is 0.369 e. The molecular weight excluding hydrogens is 235 g/mol. The van der Waals surface area contributed by atoms with Crippen LogP contribution in [0.4, 0.5) is 10.2 Å². The number of aromatic nitrogens is 2. The van der Waals surface area contributed by atoms with Crippen LogP contribution in [0.1, 0.15) is 0 Å². The Labute approximate surface area is 92.8 Å². The fourth-order valence-electron chi connectivity index (χ4n) is 0.782. The van der Waals surface area contributed by atoms with Gasteiger partial charge in [-0.2, -0.15) is 4.98 Å². The zero-order valence-corrected chi connectivity index (χ0v) is 9.86. The Bertz CT molecular complexity index is 513. The van der Waals surface area contributed by atoms with E-state index in [4.69, 9.17) is 0 Å². The molecule has 0 spiro atoms. The van der Waals surface area contributed by atoms with Crippen LogP contribution < -0.4 is 0 Å². The van der Waals surface area contributed by atoms with E-state index in [1.807, 2.05) is 0 Å². The molecule has 0 unspecified atom stereocenters. The Morgan fingerprint density at radius 2 is 2.12 bits per heavy atom. The van der Waals surface area contributed by atoms with Crippen LogP contribution in [-0.4, -0.2) is 50.0 Å². The summed E-state index contributed by atoms with van der Waals surface area (Å²) in [4.78, 5) is 12.2. The highest BCUT2D eigenvalue weighted by atomic mass is 32.2. The first-order chi connectivity index (χ1) is 7.30. The molecule has 1 aromatic rings. The van der Waals surface area contributed by atoms with Crippen LogP contribution in [-0.2, 0) is 9.84 Å². The molecule has 6 nitrogen and oxygen atoms in total. The molecule has 0 fully saturated rings. The van der Waals surface area contributed by atoms with Crippen molar-refractivity contribution >= 4 is 22.0 Å². The molecule has 0 radical (unpaired) electrons. The van der Waals surface area contributed by atoms with Gasteiger partial charge in [-0.15, -0.1) is 0 Å². The minimum absolute atomic E-state index is 0.302. The van der Waals surface area contributed by atoms with E-state index in [1.54, 1.807) is 19.0 Å². The predicted molar refractivity (Wildman–Crippen MR) is 56.9 cm³/mol. The summed E-state index contributed by atoms with van der Waals surface area (Å²) in [6, 6.07) is 0. The van der Waals surface area contributed by atoms with Gasteiger partial charge in [-0.25, -0.2) is 22.8 Å². The molecule has 0 amide bonds. The third kappa shape index (κ3) is 3.23. The molecule has 8 heteroatoms. The summed E-state index contributed by atoms with van der Waals surface area (Å²) in [5.41, 5.74) is 0. The van der Waals surface area contributed by atoms with Crippen molar-refractivity contribution in [2.45, 2.75) is 5.16 Å². The molecule has 0 N–H and O–H groups in total. The van der Waals surface area contributed by atoms with Crippen LogP contribution in [0.15, 0.2) is 16.3 Å². The van der Waals surface area contributed by atoms with Gasteiger partial charge in [-0.05, 0) is 0 Å². The Hall–Kier alpha value is -1.57. The molecule has 1 aromatic heterocycles. The summed E-state index contributed by atoms with van der Waals surface area (Å²) in [6.07, 6.45) is 3.04. The van der Waals surface area contributed by atoms with Crippen LogP contribution >= 0.6 is 0 Å². The van der Waals surface area contributed by atoms with Gasteiger partial charge in [0.25, 0.3) is 0 Å². The van der Waals surface area contributed by atoms with Crippen molar-refractivity contribution in [3.63, 3.8) is 0 Å². The van der Waals surface area contributed by atoms with Gasteiger partial charge in [-0.1, -0.05) is 0 Å². The van der Waals surface area contributed by atoms with Gasteiger partial charge >= 0.3 is 0 Å². The van der Waals surface area contributed by atoms with E-state index in [-0.39, 0.29) is 5.82 Å². The molecule has 0 bridgehead atoms. The number of nitrogens with zero attached hydrogens (tertiary/aromatic N) is 4. The van der Waals surface area contributed by atoms with E-state index >= 15 is 0 Å². The summed E-state index contributed by atoms with van der Waals surface area (Å²) in [5.74, 6) is -1.07. The third-order valence-corrected chi connectivity index (χ3v) is 2.31. The molecule has 0 aliphatic heterocycles. The van der Waals surface area contributed by atoms with Crippen LogP contribution in [0.25, 0.3) is 0 Å². The smallest absolute Gasteiger partial charge is 0.248 e. The molecule has 1 rings (SSSR count). The lowest BCUT2D eigenvalue weighted by molar-refractivity contribution is 0.581. The molecule has 0 atom stereocenters. The van der Waals surface area contributed by atoms with E-state index in [1.165, 1.54) is 6.34 Å². The van der Waals surface area contributed by atoms with E-state index in [0.717, 1.165) is 12.5 Å². The van der Waals surface area contributed by atoms with Gasteiger partial charge in [0, 0.05) is 20.4 Å². The Kier molecular flexibility index (Phi) is 3.53. The summed E-state index contributed by atoms with van der Waals surface area (Å²) < 4.78 is 35.4. The highest BCUT2D eigenvalue weighted by Gasteiger charge is 2.14. The summed E-state index contributed by atoms with van der Waals surface area (Å²) in [5, 5.41) is -0.445. The lowest BCUT2D eigenvalue weighted by atomic mass is 10.6. The minimum Gasteiger partial charge on any atom is -0.369 e. The van der Waals surface area contributed by atoms with Crippen molar-refractivity contribution < 1.29 is 12.8 Å². The molecule has 16 heavy (non-hydrogen) atoms. The number of hydrogen-bond acceptors (Lipinski definition) is 5. The van der Waals surface area contributed by atoms with Gasteiger partial charge in [0.05, 0.1) is 12.5 Å². The Morgan fingerprint density at radius 1 is 1.50 bits per heavy atom. The fraction of sp³-hybridized carbons (Fsp3) is 0.375. The maximum atomic E-state index is 13.2. The fourth-order valence-corrected chi connectivity index (χ4v) is 1.28. The second-order valence-electron chi connectivity index (χ2n) is 3.30. The van der Waals surface area contributed by atoms with Crippen molar-refractivity contribution in [2.75, 3.05) is 20.4 Å². The highest BCUT2D eigenvalue weighted by molar-refractivity contribution is 7.90. The van der Waals surface area contributed by atoms with Gasteiger partial charge in [0.1, 0.15) is 0 Å². The lowest BCUT2D eigenvalue weighted by Crippen LogP contribution is -2.08. The maximum absolute atomic E-state index is 13.2. The molecule has 1 heterocycles. The van der Waals surface area contributed by atoms with Crippen molar-refractivity contribution in [3.8, 4) is 0 Å². The predicted octanol–water partition coefficient (Wildman–Crippen LogP) is 0.241. The quantitative estimate of drug-likeness (QED) is 0.434. The highest BCUT2D eigenvalue weighted by Crippen LogP contribution is 2.14. The second kappa shape index (κ2) is 4.52. The monoisotopic (exact) mass is 246 g/mol. The molecule has 0 saturated heterocycles. The zero-order chi connectivity index (χ0) is 12.3. The standard InChI is InChI=1S/C8H11FN4O2S/c1-13(2)5-11-7-6(9)4-10-8(12-7)16(3,14)15/h4-5H,1-3H3/b11-5-. The minimum atomic E-state index is -3.56. The zero-order valence-electron chi connectivity index (χ0n) is 9.05. The maximum Gasteiger partial charge on any atom is 0.248 e. The average Bonchev–Trinajstić information content (AvgIpc) is 2.14. The van der Waals surface area contributed by atoms with Crippen molar-refractivity contribution in [3.05, 3.63) is 12.0 Å². The van der Waals surface area contributed by atoms with E-state index in [0.29, 0.717) is 0 Å². The van der Waals surface area contributed by atoms with Crippen molar-refractivity contribution in [1.82, 2.24) is 14.9 Å². The summed E-state index contributed by atoms with van der Waals surface area (Å²) >= 11 is 0. The number of rotatable bonds is 3. The molecule has 0 aliphatic carbocycles.